The van der Waals surface area contributed by atoms with Gasteiger partial charge < -0.3 is 5.32 Å². The Kier molecular flexibility index (Phi) is 2.68. The van der Waals surface area contributed by atoms with Crippen molar-refractivity contribution in [1.82, 2.24) is 5.32 Å². The molecular formula is C11H10BrNO. The predicted molar refractivity (Wildman–Crippen MR) is 58.8 cm³/mol. The first-order valence-corrected chi connectivity index (χ1v) is 5.28. The maximum absolute atomic E-state index is 11.1. The number of carbonyl (C=O) groups is 1. The van der Waals surface area contributed by atoms with Gasteiger partial charge in [-0.25, -0.2) is 0 Å². The summed E-state index contributed by atoms with van der Waals surface area (Å²) in [4.78, 5) is 11.1. The van der Waals surface area contributed by atoms with Gasteiger partial charge in [-0.2, -0.15) is 0 Å². The van der Waals surface area contributed by atoms with Crippen molar-refractivity contribution >= 4 is 21.8 Å². The molecule has 14 heavy (non-hydrogen) atoms. The smallest absolute Gasteiger partial charge is 0.244 e. The van der Waals surface area contributed by atoms with E-state index >= 15 is 0 Å². The van der Waals surface area contributed by atoms with E-state index in [4.69, 9.17) is 0 Å². The highest BCUT2D eigenvalue weighted by Gasteiger charge is 2.17. The van der Waals surface area contributed by atoms with E-state index in [2.05, 4.69) is 21.2 Å². The van der Waals surface area contributed by atoms with Gasteiger partial charge in [-0.15, -0.1) is 0 Å². The number of hydrogen-bond acceptors (Lipinski definition) is 1. The van der Waals surface area contributed by atoms with Gasteiger partial charge in [0.15, 0.2) is 0 Å². The van der Waals surface area contributed by atoms with Crippen molar-refractivity contribution in [3.05, 3.63) is 46.5 Å². The summed E-state index contributed by atoms with van der Waals surface area (Å²) in [5.74, 6) is -0.0167. The molecule has 1 amide bonds. The first kappa shape index (κ1) is 9.46. The molecule has 0 bridgehead atoms. The van der Waals surface area contributed by atoms with Gasteiger partial charge in [0.25, 0.3) is 0 Å². The van der Waals surface area contributed by atoms with Crippen LogP contribution in [0.2, 0.25) is 0 Å². The van der Waals surface area contributed by atoms with Crippen molar-refractivity contribution in [2.75, 3.05) is 0 Å². The monoisotopic (exact) mass is 251 g/mol. The summed E-state index contributed by atoms with van der Waals surface area (Å²) < 4.78 is 1.04. The molecule has 0 spiro atoms. The van der Waals surface area contributed by atoms with Crippen LogP contribution in [0.4, 0.5) is 0 Å². The Hall–Kier alpha value is -1.09. The standard InChI is InChI=1S/C11H10BrNO/c12-9-5-2-1-4-8(9)10-6-3-7-11(14)13-10/h1-5,7,10H,6H2,(H,13,14)/t10-/m0/s1. The van der Waals surface area contributed by atoms with Gasteiger partial charge in [0, 0.05) is 4.47 Å². The van der Waals surface area contributed by atoms with Crippen molar-refractivity contribution < 1.29 is 4.79 Å². The molecule has 1 aromatic rings. The van der Waals surface area contributed by atoms with Crippen molar-refractivity contribution in [3.63, 3.8) is 0 Å². The molecule has 1 aliphatic rings. The molecule has 3 heteroatoms. The summed E-state index contributed by atoms with van der Waals surface area (Å²) in [6.07, 6.45) is 4.34. The lowest BCUT2D eigenvalue weighted by molar-refractivity contribution is -0.117. The SMILES string of the molecule is O=C1C=CC[C@@H](c2ccccc2Br)N1. The Morgan fingerprint density at radius 2 is 2.14 bits per heavy atom. The Bertz CT molecular complexity index is 387. The van der Waals surface area contributed by atoms with Gasteiger partial charge in [-0.05, 0) is 24.1 Å². The van der Waals surface area contributed by atoms with E-state index in [1.807, 2.05) is 30.3 Å². The molecular weight excluding hydrogens is 242 g/mol. The molecule has 1 aromatic carbocycles. The average molecular weight is 252 g/mol. The molecule has 0 radical (unpaired) electrons. The number of benzene rings is 1. The fourth-order valence-electron chi connectivity index (χ4n) is 1.55. The van der Waals surface area contributed by atoms with E-state index in [0.29, 0.717) is 0 Å². The quantitative estimate of drug-likeness (QED) is 0.817. The van der Waals surface area contributed by atoms with Crippen LogP contribution in [-0.4, -0.2) is 5.91 Å². The molecule has 0 aromatic heterocycles. The van der Waals surface area contributed by atoms with Gasteiger partial charge >= 0.3 is 0 Å². The number of amides is 1. The molecule has 72 valence electrons. The lowest BCUT2D eigenvalue weighted by Gasteiger charge is -2.20. The third-order valence-electron chi connectivity index (χ3n) is 2.24. The Morgan fingerprint density at radius 1 is 1.36 bits per heavy atom. The van der Waals surface area contributed by atoms with Gasteiger partial charge in [-0.3, -0.25) is 4.79 Å². The third-order valence-corrected chi connectivity index (χ3v) is 2.96. The minimum atomic E-state index is -0.0167. The van der Waals surface area contributed by atoms with Crippen LogP contribution in [0.5, 0.6) is 0 Å². The topological polar surface area (TPSA) is 29.1 Å². The first-order chi connectivity index (χ1) is 6.77. The lowest BCUT2D eigenvalue weighted by Crippen LogP contribution is -2.29. The normalized spacial score (nSPS) is 20.6. The molecule has 2 nitrogen and oxygen atoms in total. The molecule has 2 rings (SSSR count). The average Bonchev–Trinajstić information content (AvgIpc) is 2.18. The highest BCUT2D eigenvalue weighted by molar-refractivity contribution is 9.10. The van der Waals surface area contributed by atoms with E-state index in [1.165, 1.54) is 0 Å². The van der Waals surface area contributed by atoms with Crippen LogP contribution in [0.15, 0.2) is 40.9 Å². The zero-order chi connectivity index (χ0) is 9.97. The fraction of sp³-hybridized carbons (Fsp3) is 0.182. The third kappa shape index (κ3) is 1.87. The minimum absolute atomic E-state index is 0.0167. The number of rotatable bonds is 1. The summed E-state index contributed by atoms with van der Waals surface area (Å²) in [5, 5.41) is 2.92. The van der Waals surface area contributed by atoms with Crippen molar-refractivity contribution in [2.24, 2.45) is 0 Å². The first-order valence-electron chi connectivity index (χ1n) is 4.49. The van der Waals surface area contributed by atoms with Crippen molar-refractivity contribution in [2.45, 2.75) is 12.5 Å². The van der Waals surface area contributed by atoms with Gasteiger partial charge in [0.2, 0.25) is 5.91 Å². The van der Waals surface area contributed by atoms with Crippen LogP contribution in [0.3, 0.4) is 0 Å². The largest absolute Gasteiger partial charge is 0.345 e. The molecule has 1 aliphatic heterocycles. The van der Waals surface area contributed by atoms with E-state index < -0.39 is 0 Å². The van der Waals surface area contributed by atoms with Crippen molar-refractivity contribution in [3.8, 4) is 0 Å². The summed E-state index contributed by atoms with van der Waals surface area (Å²) in [7, 11) is 0. The highest BCUT2D eigenvalue weighted by atomic mass is 79.9. The van der Waals surface area contributed by atoms with Crippen LogP contribution in [0.1, 0.15) is 18.0 Å². The van der Waals surface area contributed by atoms with E-state index in [-0.39, 0.29) is 11.9 Å². The maximum Gasteiger partial charge on any atom is 0.244 e. The number of hydrogen-bond donors (Lipinski definition) is 1. The predicted octanol–water partition coefficient (Wildman–Crippen LogP) is 2.57. The van der Waals surface area contributed by atoms with E-state index in [9.17, 15) is 4.79 Å². The molecule has 1 N–H and O–H groups in total. The summed E-state index contributed by atoms with van der Waals surface area (Å²) >= 11 is 3.48. The van der Waals surface area contributed by atoms with Crippen molar-refractivity contribution in [1.29, 1.82) is 0 Å². The van der Waals surface area contributed by atoms with Crippen LogP contribution in [-0.2, 0) is 4.79 Å². The van der Waals surface area contributed by atoms with Crippen LogP contribution < -0.4 is 5.32 Å². The van der Waals surface area contributed by atoms with E-state index in [1.54, 1.807) is 6.08 Å². The second-order valence-electron chi connectivity index (χ2n) is 3.22. The second kappa shape index (κ2) is 3.96. The van der Waals surface area contributed by atoms with Crippen LogP contribution in [0.25, 0.3) is 0 Å². The summed E-state index contributed by atoms with van der Waals surface area (Å²) in [6.45, 7) is 0. The molecule has 0 aliphatic carbocycles. The van der Waals surface area contributed by atoms with Gasteiger partial charge in [0.1, 0.15) is 0 Å². The van der Waals surface area contributed by atoms with E-state index in [0.717, 1.165) is 16.5 Å². The molecule has 1 heterocycles. The molecule has 0 unspecified atom stereocenters. The minimum Gasteiger partial charge on any atom is -0.345 e. The highest BCUT2D eigenvalue weighted by Crippen LogP contribution is 2.26. The summed E-state index contributed by atoms with van der Waals surface area (Å²) in [5.41, 5.74) is 1.13. The Balaban J connectivity index is 2.28. The molecule has 0 saturated carbocycles. The molecule has 0 saturated heterocycles. The zero-order valence-corrected chi connectivity index (χ0v) is 9.12. The second-order valence-corrected chi connectivity index (χ2v) is 4.08. The fourth-order valence-corrected chi connectivity index (χ4v) is 2.11. The maximum atomic E-state index is 11.1. The molecule has 1 atom stereocenters. The van der Waals surface area contributed by atoms with Gasteiger partial charge in [-0.1, -0.05) is 40.2 Å². The molecule has 0 fully saturated rings. The Morgan fingerprint density at radius 3 is 2.86 bits per heavy atom. The lowest BCUT2D eigenvalue weighted by atomic mass is 10.0. The number of nitrogens with one attached hydrogen (secondary N) is 1. The van der Waals surface area contributed by atoms with Gasteiger partial charge in [0.05, 0.1) is 6.04 Å². The zero-order valence-electron chi connectivity index (χ0n) is 7.53. The van der Waals surface area contributed by atoms with Crippen LogP contribution >= 0.6 is 15.9 Å². The van der Waals surface area contributed by atoms with Crippen LogP contribution in [0, 0.1) is 0 Å². The number of halogens is 1. The summed E-state index contributed by atoms with van der Waals surface area (Å²) in [6, 6.07) is 8.05. The Labute approximate surface area is 91.1 Å². The number of carbonyl (C=O) groups excluding carboxylic acids is 1.